The van der Waals surface area contributed by atoms with E-state index in [1.807, 2.05) is 31.7 Å². The minimum Gasteiger partial charge on any atom is -0.378 e. The molecule has 1 unspecified atom stereocenters. The van der Waals surface area contributed by atoms with Crippen LogP contribution in [-0.4, -0.2) is 19.8 Å². The highest BCUT2D eigenvalue weighted by Gasteiger charge is 2.43. The van der Waals surface area contributed by atoms with Gasteiger partial charge in [-0.2, -0.15) is 13.2 Å². The van der Waals surface area contributed by atoms with Gasteiger partial charge in [-0.05, 0) is 49.9 Å². The topological polar surface area (TPSA) is 30.5 Å². The number of alkyl halides is 3. The number of hydrogen-bond acceptors (Lipinski definition) is 4. The highest BCUT2D eigenvalue weighted by molar-refractivity contribution is 6.18. The maximum atomic E-state index is 14.1. The van der Waals surface area contributed by atoms with Gasteiger partial charge in [0.25, 0.3) is 0 Å². The van der Waals surface area contributed by atoms with Crippen LogP contribution in [-0.2, 0) is 6.18 Å². The number of halogens is 4. The minimum absolute atomic E-state index is 0.0166. The van der Waals surface area contributed by atoms with Crippen molar-refractivity contribution in [1.82, 2.24) is 5.32 Å². The fourth-order valence-corrected chi connectivity index (χ4v) is 5.30. The summed E-state index contributed by atoms with van der Waals surface area (Å²) in [6.07, 6.45) is -2.39. The molecule has 3 aliphatic rings. The molecule has 2 aromatic rings. The highest BCUT2D eigenvalue weighted by atomic mass is 19.4. The summed E-state index contributed by atoms with van der Waals surface area (Å²) in [5.41, 5.74) is 3.25. The second-order valence-corrected chi connectivity index (χ2v) is 10.7. The zero-order chi connectivity index (χ0) is 27.0. The van der Waals surface area contributed by atoms with Gasteiger partial charge < -0.3 is 20.4 Å². The van der Waals surface area contributed by atoms with Crippen LogP contribution in [0.3, 0.4) is 0 Å². The fraction of sp³-hybridized carbons (Fsp3) is 0.357. The Bertz CT molecular complexity index is 1340. The quantitative estimate of drug-likeness (QED) is 0.326. The number of hydrogen-bond donors (Lipinski definition) is 2. The minimum atomic E-state index is -4.68. The van der Waals surface area contributed by atoms with Crippen molar-refractivity contribution < 1.29 is 17.6 Å². The van der Waals surface area contributed by atoms with Gasteiger partial charge in [0.1, 0.15) is 19.5 Å². The molecule has 0 aromatic heterocycles. The second-order valence-electron chi connectivity index (χ2n) is 10.7. The van der Waals surface area contributed by atoms with Crippen molar-refractivity contribution in [2.45, 2.75) is 51.3 Å². The van der Waals surface area contributed by atoms with Gasteiger partial charge in [-0.3, -0.25) is 0 Å². The van der Waals surface area contributed by atoms with Crippen molar-refractivity contribution >= 4 is 36.3 Å². The largest absolute Gasteiger partial charge is 0.416 e. The summed E-state index contributed by atoms with van der Waals surface area (Å²) in [5, 5.41) is 6.56. The standard InChI is InChI=1S/C28H29BF4N4/c1-14(19-9-20(28(31,32)33)11-21(30)10-19)35-22-12-23-26(25-16(3)34-15(2)24(22)25)37(27(5,6)29)17(4)36(23)13-18-7-8-18/h9-12,15,18,34-35H,1,3-4,7-8,13H2,2,5-6H3. The number of anilines is 3. The van der Waals surface area contributed by atoms with E-state index in [0.717, 1.165) is 59.8 Å². The van der Waals surface area contributed by atoms with E-state index in [2.05, 4.69) is 35.3 Å². The smallest absolute Gasteiger partial charge is 0.378 e. The Hall–Kier alpha value is -3.36. The van der Waals surface area contributed by atoms with E-state index in [0.29, 0.717) is 23.4 Å². The van der Waals surface area contributed by atoms with Gasteiger partial charge in [0.05, 0.1) is 23.0 Å². The lowest BCUT2D eigenvalue weighted by Crippen LogP contribution is -2.45. The van der Waals surface area contributed by atoms with Crippen LogP contribution in [0.4, 0.5) is 34.6 Å². The molecule has 2 radical (unpaired) electrons. The molecule has 4 nitrogen and oxygen atoms in total. The van der Waals surface area contributed by atoms with Gasteiger partial charge in [-0.15, -0.1) is 0 Å². The summed E-state index contributed by atoms with van der Waals surface area (Å²) in [6.45, 7) is 19.1. The lowest BCUT2D eigenvalue weighted by Gasteiger charge is -2.37. The van der Waals surface area contributed by atoms with E-state index in [1.165, 1.54) is 0 Å². The average molecular weight is 508 g/mol. The number of fused-ring (bicyclic) bond motifs is 3. The van der Waals surface area contributed by atoms with Crippen LogP contribution >= 0.6 is 0 Å². The lowest BCUT2D eigenvalue weighted by atomic mass is 9.79. The zero-order valence-corrected chi connectivity index (χ0v) is 21.2. The SMILES string of the molecule is [B]C(C)(C)N1C(=C)N(CC2CC2)c2cc(NC(=C)c3cc(F)cc(C(F)(F)F)c3)c3c(c21)C(=C)NC3C. The number of rotatable bonds is 6. The molecule has 2 N–H and O–H groups in total. The summed E-state index contributed by atoms with van der Waals surface area (Å²) < 4.78 is 54.1. The third kappa shape index (κ3) is 4.38. The molecule has 37 heavy (non-hydrogen) atoms. The molecule has 192 valence electrons. The van der Waals surface area contributed by atoms with Crippen molar-refractivity contribution in [2.75, 3.05) is 21.7 Å². The molecule has 2 aromatic carbocycles. The number of nitrogens with one attached hydrogen (secondary N) is 2. The summed E-state index contributed by atoms with van der Waals surface area (Å²) in [5.74, 6) is 0.335. The molecule has 0 bridgehead atoms. The molecule has 0 saturated heterocycles. The molecule has 1 aliphatic carbocycles. The van der Waals surface area contributed by atoms with E-state index in [9.17, 15) is 17.6 Å². The van der Waals surface area contributed by atoms with Crippen molar-refractivity contribution in [3.8, 4) is 0 Å². The first kappa shape index (κ1) is 25.3. The van der Waals surface area contributed by atoms with E-state index >= 15 is 0 Å². The molecular weight excluding hydrogens is 479 g/mol. The van der Waals surface area contributed by atoms with Gasteiger partial charge in [-0.25, -0.2) is 4.39 Å². The average Bonchev–Trinajstić information content (AvgIpc) is 3.48. The Balaban J connectivity index is 1.64. The van der Waals surface area contributed by atoms with Crippen LogP contribution in [0.25, 0.3) is 11.4 Å². The molecule has 2 aliphatic heterocycles. The van der Waals surface area contributed by atoms with Crippen molar-refractivity contribution in [3.63, 3.8) is 0 Å². The molecule has 2 heterocycles. The van der Waals surface area contributed by atoms with E-state index in [1.54, 1.807) is 0 Å². The van der Waals surface area contributed by atoms with Crippen molar-refractivity contribution in [3.05, 3.63) is 77.9 Å². The Morgan fingerprint density at radius 2 is 1.84 bits per heavy atom. The maximum Gasteiger partial charge on any atom is 0.416 e. The molecule has 5 rings (SSSR count). The predicted molar refractivity (Wildman–Crippen MR) is 143 cm³/mol. The van der Waals surface area contributed by atoms with Gasteiger partial charge >= 0.3 is 6.18 Å². The molecule has 0 amide bonds. The molecule has 9 heteroatoms. The summed E-state index contributed by atoms with van der Waals surface area (Å²) in [7, 11) is 6.62. The van der Waals surface area contributed by atoms with Gasteiger partial charge in [0.15, 0.2) is 0 Å². The van der Waals surface area contributed by atoms with Crippen LogP contribution in [0.5, 0.6) is 0 Å². The van der Waals surface area contributed by atoms with E-state index in [4.69, 9.17) is 7.85 Å². The normalized spacial score (nSPS) is 19.2. The monoisotopic (exact) mass is 508 g/mol. The highest BCUT2D eigenvalue weighted by Crippen LogP contribution is 2.55. The molecule has 1 saturated carbocycles. The molecule has 1 atom stereocenters. The van der Waals surface area contributed by atoms with Crippen LogP contribution in [0, 0.1) is 11.7 Å². The zero-order valence-electron chi connectivity index (χ0n) is 21.2. The lowest BCUT2D eigenvalue weighted by molar-refractivity contribution is -0.137. The van der Waals surface area contributed by atoms with Gasteiger partial charge in [-0.1, -0.05) is 33.6 Å². The van der Waals surface area contributed by atoms with Gasteiger partial charge in [0, 0.05) is 45.8 Å². The van der Waals surface area contributed by atoms with E-state index < -0.39 is 23.0 Å². The summed E-state index contributed by atoms with van der Waals surface area (Å²) >= 11 is 0. The molecule has 0 spiro atoms. The first-order valence-electron chi connectivity index (χ1n) is 12.2. The molecular formula is C28H29BF4N4. The second kappa shape index (κ2) is 8.33. The van der Waals surface area contributed by atoms with E-state index in [-0.39, 0.29) is 17.3 Å². The Morgan fingerprint density at radius 3 is 2.43 bits per heavy atom. The van der Waals surface area contributed by atoms with Crippen molar-refractivity contribution in [1.29, 1.82) is 0 Å². The van der Waals surface area contributed by atoms with Crippen LogP contribution in [0.2, 0.25) is 0 Å². The Kier molecular flexibility index (Phi) is 5.70. The first-order valence-corrected chi connectivity index (χ1v) is 12.2. The molecule has 1 fully saturated rings. The fourth-order valence-electron chi connectivity index (χ4n) is 5.30. The third-order valence-corrected chi connectivity index (χ3v) is 7.10. The number of benzene rings is 2. The van der Waals surface area contributed by atoms with Crippen LogP contribution < -0.4 is 20.4 Å². The van der Waals surface area contributed by atoms with Crippen LogP contribution in [0.15, 0.2) is 49.8 Å². The summed E-state index contributed by atoms with van der Waals surface area (Å²) in [6, 6.07) is 4.23. The third-order valence-electron chi connectivity index (χ3n) is 7.10. The van der Waals surface area contributed by atoms with Crippen molar-refractivity contribution in [2.24, 2.45) is 5.92 Å². The number of nitrogens with zero attached hydrogens (tertiary/aromatic N) is 2. The van der Waals surface area contributed by atoms with Gasteiger partial charge in [0.2, 0.25) is 0 Å². The Morgan fingerprint density at radius 1 is 1.16 bits per heavy atom. The maximum absolute atomic E-state index is 14.1. The first-order chi connectivity index (χ1) is 17.2. The predicted octanol–water partition coefficient (Wildman–Crippen LogP) is 6.97. The Labute approximate surface area is 216 Å². The summed E-state index contributed by atoms with van der Waals surface area (Å²) in [4.78, 5) is 4.17. The van der Waals surface area contributed by atoms with Crippen LogP contribution in [0.1, 0.15) is 61.9 Å².